The van der Waals surface area contributed by atoms with Gasteiger partial charge in [0.05, 0.1) is 12.7 Å². The van der Waals surface area contributed by atoms with Gasteiger partial charge in [-0.1, -0.05) is 6.42 Å². The molecule has 30 heavy (non-hydrogen) atoms. The van der Waals surface area contributed by atoms with Gasteiger partial charge in [-0.2, -0.15) is 4.31 Å². The van der Waals surface area contributed by atoms with Crippen LogP contribution < -0.4 is 5.32 Å². The van der Waals surface area contributed by atoms with Crippen molar-refractivity contribution in [3.8, 4) is 0 Å². The molecule has 10 heteroatoms. The number of sulfonamides is 1. The van der Waals surface area contributed by atoms with Crippen LogP contribution in [0.4, 0.5) is 5.00 Å². The number of rotatable bonds is 5. The molecule has 2 aromatic rings. The van der Waals surface area contributed by atoms with Gasteiger partial charge in [0, 0.05) is 18.0 Å². The number of aryl methyl sites for hydroxylation is 1. The first-order valence-electron chi connectivity index (χ1n) is 10.1. The lowest BCUT2D eigenvalue weighted by Gasteiger charge is -2.24. The number of fused-ring (bicyclic) bond motifs is 1. The van der Waals surface area contributed by atoms with Crippen LogP contribution in [-0.4, -0.2) is 44.8 Å². The monoisotopic (exact) mass is 452 g/mol. The lowest BCUT2D eigenvalue weighted by Crippen LogP contribution is -2.35. The Kier molecular flexibility index (Phi) is 5.99. The molecule has 0 bridgehead atoms. The second kappa shape index (κ2) is 8.52. The number of carbonyl (C=O) groups excluding carboxylic acids is 2. The molecule has 0 unspecified atom stereocenters. The number of hydrogen-bond donors (Lipinski definition) is 1. The lowest BCUT2D eigenvalue weighted by atomic mass is 9.95. The minimum atomic E-state index is -3.76. The summed E-state index contributed by atoms with van der Waals surface area (Å²) in [6.45, 7) is 0.904. The molecule has 1 N–H and O–H groups in total. The van der Waals surface area contributed by atoms with Gasteiger partial charge >= 0.3 is 5.97 Å². The average molecular weight is 453 g/mol. The van der Waals surface area contributed by atoms with Gasteiger partial charge in [0.2, 0.25) is 5.09 Å². The third-order valence-corrected chi connectivity index (χ3v) is 8.48. The molecule has 1 amide bonds. The van der Waals surface area contributed by atoms with Gasteiger partial charge in [0.15, 0.2) is 5.76 Å². The Morgan fingerprint density at radius 1 is 1.10 bits per heavy atom. The van der Waals surface area contributed by atoms with Crippen LogP contribution in [0.15, 0.2) is 21.6 Å². The second-order valence-corrected chi connectivity index (χ2v) is 10.4. The predicted molar refractivity (Wildman–Crippen MR) is 112 cm³/mol. The highest BCUT2D eigenvalue weighted by atomic mass is 32.2. The van der Waals surface area contributed by atoms with Gasteiger partial charge in [-0.3, -0.25) is 4.79 Å². The van der Waals surface area contributed by atoms with E-state index in [1.54, 1.807) is 0 Å². The van der Waals surface area contributed by atoms with Gasteiger partial charge in [-0.05, 0) is 56.2 Å². The van der Waals surface area contributed by atoms with E-state index in [4.69, 9.17) is 9.15 Å². The predicted octanol–water partition coefficient (Wildman–Crippen LogP) is 3.43. The fourth-order valence-electron chi connectivity index (χ4n) is 3.95. The molecule has 2 aliphatic rings. The van der Waals surface area contributed by atoms with Crippen molar-refractivity contribution in [1.82, 2.24) is 4.31 Å². The zero-order valence-corrected chi connectivity index (χ0v) is 18.4. The number of nitrogens with zero attached hydrogens (tertiary/aromatic N) is 1. The molecule has 0 atom stereocenters. The van der Waals surface area contributed by atoms with E-state index < -0.39 is 21.9 Å². The van der Waals surface area contributed by atoms with E-state index in [1.807, 2.05) is 0 Å². The van der Waals surface area contributed by atoms with Gasteiger partial charge in [-0.15, -0.1) is 11.3 Å². The maximum atomic E-state index is 12.7. The Hall–Kier alpha value is -2.17. The zero-order chi connectivity index (χ0) is 21.3. The van der Waals surface area contributed by atoms with E-state index in [2.05, 4.69) is 5.32 Å². The topological polar surface area (TPSA) is 106 Å². The van der Waals surface area contributed by atoms with Crippen molar-refractivity contribution in [3.05, 3.63) is 33.9 Å². The Morgan fingerprint density at radius 2 is 1.83 bits per heavy atom. The number of thiophene rings is 1. The molecule has 1 aliphatic heterocycles. The molecule has 0 saturated carbocycles. The highest BCUT2D eigenvalue weighted by Crippen LogP contribution is 2.38. The quantitative estimate of drug-likeness (QED) is 0.697. The van der Waals surface area contributed by atoms with E-state index >= 15 is 0 Å². The number of methoxy groups -OCH3 is 1. The number of hydrogen-bond acceptors (Lipinski definition) is 7. The number of carbonyl (C=O) groups is 2. The minimum Gasteiger partial charge on any atom is -0.465 e. The van der Waals surface area contributed by atoms with Gasteiger partial charge in [0.1, 0.15) is 5.00 Å². The van der Waals surface area contributed by atoms with Crippen LogP contribution in [0.2, 0.25) is 0 Å². The summed E-state index contributed by atoms with van der Waals surface area (Å²) in [5, 5.41) is 2.89. The van der Waals surface area contributed by atoms with Crippen LogP contribution in [0.1, 0.15) is 63.5 Å². The summed E-state index contributed by atoms with van der Waals surface area (Å²) >= 11 is 1.36. The number of esters is 1. The molecule has 3 heterocycles. The molecule has 1 saturated heterocycles. The smallest absolute Gasteiger partial charge is 0.341 e. The summed E-state index contributed by atoms with van der Waals surface area (Å²) in [7, 11) is -2.45. The number of nitrogens with one attached hydrogen (secondary N) is 1. The Bertz CT molecular complexity index is 1060. The second-order valence-electron chi connectivity index (χ2n) is 7.44. The molecule has 2 aromatic heterocycles. The van der Waals surface area contributed by atoms with E-state index in [9.17, 15) is 18.0 Å². The molecule has 0 radical (unpaired) electrons. The summed E-state index contributed by atoms with van der Waals surface area (Å²) in [5.41, 5.74) is 1.32. The zero-order valence-electron chi connectivity index (χ0n) is 16.7. The number of anilines is 1. The molecule has 0 spiro atoms. The molecule has 8 nitrogen and oxygen atoms in total. The Morgan fingerprint density at radius 3 is 2.57 bits per heavy atom. The number of furan rings is 1. The van der Waals surface area contributed by atoms with Crippen molar-refractivity contribution in [3.63, 3.8) is 0 Å². The Labute approximate surface area is 179 Å². The van der Waals surface area contributed by atoms with E-state index in [-0.39, 0.29) is 10.9 Å². The molecule has 0 aromatic carbocycles. The maximum absolute atomic E-state index is 12.7. The first kappa shape index (κ1) is 21.1. The summed E-state index contributed by atoms with van der Waals surface area (Å²) in [6, 6.07) is 2.65. The average Bonchev–Trinajstić information content (AvgIpc) is 3.39. The van der Waals surface area contributed by atoms with Crippen LogP contribution >= 0.6 is 11.3 Å². The maximum Gasteiger partial charge on any atom is 0.341 e. The minimum absolute atomic E-state index is 0.118. The fourth-order valence-corrected chi connectivity index (χ4v) is 6.65. The van der Waals surface area contributed by atoms with Crippen molar-refractivity contribution in [2.45, 2.75) is 50.0 Å². The Balaban J connectivity index is 1.57. The molecular formula is C20H24N2O6S2. The molecule has 1 aliphatic carbocycles. The normalized spacial score (nSPS) is 17.4. The third kappa shape index (κ3) is 3.91. The van der Waals surface area contributed by atoms with Crippen LogP contribution in [0, 0.1) is 0 Å². The van der Waals surface area contributed by atoms with E-state index in [0.29, 0.717) is 23.7 Å². The number of amides is 1. The van der Waals surface area contributed by atoms with Gasteiger partial charge < -0.3 is 14.5 Å². The third-order valence-electron chi connectivity index (χ3n) is 5.50. The number of piperidine rings is 1. The van der Waals surface area contributed by atoms with E-state index in [0.717, 1.165) is 55.4 Å². The molecule has 1 fully saturated rings. The highest BCUT2D eigenvalue weighted by Gasteiger charge is 2.31. The van der Waals surface area contributed by atoms with Crippen LogP contribution in [-0.2, 0) is 27.6 Å². The molecule has 162 valence electrons. The summed E-state index contributed by atoms with van der Waals surface area (Å²) in [6.07, 6.45) is 6.28. The lowest BCUT2D eigenvalue weighted by molar-refractivity contribution is 0.0601. The number of ether oxygens (including phenoxy) is 1. The van der Waals surface area contributed by atoms with Crippen LogP contribution in [0.3, 0.4) is 0 Å². The van der Waals surface area contributed by atoms with Crippen molar-refractivity contribution >= 4 is 38.2 Å². The van der Waals surface area contributed by atoms with Crippen LogP contribution in [0.25, 0.3) is 0 Å². The summed E-state index contributed by atoms with van der Waals surface area (Å²) in [5.74, 6) is -1.20. The van der Waals surface area contributed by atoms with Crippen LogP contribution in [0.5, 0.6) is 0 Å². The SMILES string of the molecule is COC(=O)c1c(NC(=O)c2ccc(S(=O)(=O)N3CCCCC3)o2)sc2c1CCCC2. The standard InChI is InChI=1S/C20H24N2O6S2/c1-27-20(24)17-13-7-3-4-8-15(13)29-19(17)21-18(23)14-9-10-16(28-14)30(25,26)22-11-5-2-6-12-22/h9-10H,2-8,11-12H2,1H3,(H,21,23). The molecule has 4 rings (SSSR count). The van der Waals surface area contributed by atoms with Crippen molar-refractivity contribution in [2.24, 2.45) is 0 Å². The van der Waals surface area contributed by atoms with Gasteiger partial charge in [-0.25, -0.2) is 13.2 Å². The van der Waals surface area contributed by atoms with Crippen molar-refractivity contribution in [1.29, 1.82) is 0 Å². The first-order valence-corrected chi connectivity index (χ1v) is 12.3. The van der Waals surface area contributed by atoms with Gasteiger partial charge in [0.25, 0.3) is 15.9 Å². The fraction of sp³-hybridized carbons (Fsp3) is 0.500. The molecular weight excluding hydrogens is 428 g/mol. The summed E-state index contributed by atoms with van der Waals surface area (Å²) in [4.78, 5) is 26.1. The van der Waals surface area contributed by atoms with Crippen molar-refractivity contribution < 1.29 is 27.2 Å². The largest absolute Gasteiger partial charge is 0.465 e. The summed E-state index contributed by atoms with van der Waals surface area (Å²) < 4.78 is 37.2. The van der Waals surface area contributed by atoms with E-state index in [1.165, 1.54) is 34.9 Å². The first-order chi connectivity index (χ1) is 14.4. The van der Waals surface area contributed by atoms with Crippen molar-refractivity contribution in [2.75, 3.05) is 25.5 Å². The highest BCUT2D eigenvalue weighted by molar-refractivity contribution is 7.89.